The van der Waals surface area contributed by atoms with Crippen molar-refractivity contribution >= 4 is 0 Å². The summed E-state index contributed by atoms with van der Waals surface area (Å²) in [6.45, 7) is 6.48. The van der Waals surface area contributed by atoms with Crippen molar-refractivity contribution in [3.63, 3.8) is 0 Å². The molecule has 0 N–H and O–H groups in total. The molecule has 0 amide bonds. The lowest BCUT2D eigenvalue weighted by molar-refractivity contribution is 0.105. The van der Waals surface area contributed by atoms with E-state index in [4.69, 9.17) is 4.74 Å². The molecule has 0 saturated carbocycles. The van der Waals surface area contributed by atoms with Crippen LogP contribution in [0.1, 0.15) is 13.8 Å². The maximum Gasteiger partial charge on any atom is 0.136 e. The lowest BCUT2D eigenvalue weighted by Crippen LogP contribution is -2.36. The normalized spacial score (nSPS) is 28.9. The predicted molar refractivity (Wildman–Crippen MR) is 42.4 cm³/mol. The molecule has 11 heavy (non-hydrogen) atoms. The summed E-state index contributed by atoms with van der Waals surface area (Å²) >= 11 is 0. The molecule has 0 aliphatic carbocycles. The van der Waals surface area contributed by atoms with Crippen LogP contribution in [-0.2, 0) is 4.74 Å². The highest BCUT2D eigenvalue weighted by Gasteiger charge is 2.19. The number of hydrogen-bond donors (Lipinski definition) is 0. The summed E-state index contributed by atoms with van der Waals surface area (Å²) in [5, 5.41) is 0. The Morgan fingerprint density at radius 1 is 1.55 bits per heavy atom. The van der Waals surface area contributed by atoms with E-state index < -0.39 is 6.17 Å². The molecule has 1 saturated heterocycles. The zero-order chi connectivity index (χ0) is 8.27. The Bertz CT molecular complexity index is 119. The van der Waals surface area contributed by atoms with Gasteiger partial charge in [0.1, 0.15) is 6.17 Å². The van der Waals surface area contributed by atoms with E-state index in [1.165, 1.54) is 0 Å². The van der Waals surface area contributed by atoms with Crippen molar-refractivity contribution in [1.82, 2.24) is 4.90 Å². The highest BCUT2D eigenvalue weighted by molar-refractivity contribution is 4.70. The molecule has 1 unspecified atom stereocenters. The van der Waals surface area contributed by atoms with Crippen LogP contribution in [0.15, 0.2) is 0 Å². The molecule has 0 radical (unpaired) electrons. The number of nitrogens with zero attached hydrogens (tertiary/aromatic N) is 1. The smallest absolute Gasteiger partial charge is 0.136 e. The monoisotopic (exact) mass is 161 g/mol. The Morgan fingerprint density at radius 2 is 2.27 bits per heavy atom. The molecule has 0 aromatic rings. The van der Waals surface area contributed by atoms with Crippen molar-refractivity contribution in [3.8, 4) is 0 Å². The summed E-state index contributed by atoms with van der Waals surface area (Å²) in [6.07, 6.45) is -0.806. The summed E-state index contributed by atoms with van der Waals surface area (Å²) in [4.78, 5) is 2.11. The van der Waals surface area contributed by atoms with E-state index in [9.17, 15) is 4.39 Å². The first kappa shape index (κ1) is 8.94. The van der Waals surface area contributed by atoms with Crippen molar-refractivity contribution in [2.24, 2.45) is 0 Å². The van der Waals surface area contributed by atoms with Crippen LogP contribution in [0.3, 0.4) is 0 Å². The second-order valence-electron chi connectivity index (χ2n) is 3.26. The first-order valence-electron chi connectivity index (χ1n) is 4.16. The maximum atomic E-state index is 12.9. The number of hydrogen-bond acceptors (Lipinski definition) is 2. The quantitative estimate of drug-likeness (QED) is 0.570. The minimum absolute atomic E-state index is 0.267. The Labute approximate surface area is 67.3 Å². The van der Waals surface area contributed by atoms with Crippen LogP contribution in [0, 0.1) is 0 Å². The molecule has 0 aromatic heterocycles. The van der Waals surface area contributed by atoms with Gasteiger partial charge in [0, 0.05) is 19.1 Å². The lowest BCUT2D eigenvalue weighted by atomic mass is 10.3. The van der Waals surface area contributed by atoms with Crippen LogP contribution in [0.2, 0.25) is 0 Å². The second kappa shape index (κ2) is 4.02. The van der Waals surface area contributed by atoms with E-state index in [2.05, 4.69) is 18.7 Å². The molecule has 1 aliphatic heterocycles. The van der Waals surface area contributed by atoms with Gasteiger partial charge in [0.05, 0.1) is 13.2 Å². The molecule has 1 aliphatic rings. The second-order valence-corrected chi connectivity index (χ2v) is 3.26. The average molecular weight is 161 g/mol. The van der Waals surface area contributed by atoms with E-state index >= 15 is 0 Å². The molecule has 3 heteroatoms. The highest BCUT2D eigenvalue weighted by Crippen LogP contribution is 2.06. The van der Waals surface area contributed by atoms with Gasteiger partial charge in [0.2, 0.25) is 0 Å². The van der Waals surface area contributed by atoms with Gasteiger partial charge in [0.25, 0.3) is 0 Å². The van der Waals surface area contributed by atoms with E-state index in [1.54, 1.807) is 0 Å². The largest absolute Gasteiger partial charge is 0.377 e. The molecule has 0 aromatic carbocycles. The van der Waals surface area contributed by atoms with Crippen LogP contribution < -0.4 is 0 Å². The molecule has 66 valence electrons. The minimum Gasteiger partial charge on any atom is -0.377 e. The minimum atomic E-state index is -0.806. The van der Waals surface area contributed by atoms with E-state index in [0.29, 0.717) is 19.2 Å². The lowest BCUT2D eigenvalue weighted by Gasteiger charge is -2.24. The maximum absolute atomic E-state index is 12.9. The third-order valence-corrected chi connectivity index (χ3v) is 1.98. The van der Waals surface area contributed by atoms with Crippen LogP contribution in [0.4, 0.5) is 4.39 Å². The van der Waals surface area contributed by atoms with Crippen LogP contribution >= 0.6 is 0 Å². The van der Waals surface area contributed by atoms with Gasteiger partial charge in [-0.05, 0) is 13.8 Å². The molecule has 2 nitrogen and oxygen atoms in total. The average Bonchev–Trinajstić information content (AvgIpc) is 2.13. The van der Waals surface area contributed by atoms with Crippen molar-refractivity contribution in [3.05, 3.63) is 0 Å². The van der Waals surface area contributed by atoms with Crippen molar-refractivity contribution in [2.45, 2.75) is 26.1 Å². The van der Waals surface area contributed by atoms with Gasteiger partial charge < -0.3 is 4.74 Å². The van der Waals surface area contributed by atoms with Crippen molar-refractivity contribution in [2.75, 3.05) is 26.3 Å². The first-order chi connectivity index (χ1) is 5.20. The summed E-state index contributed by atoms with van der Waals surface area (Å²) in [6, 6.07) is 0.426. The molecule has 0 bridgehead atoms. The zero-order valence-electron chi connectivity index (χ0n) is 7.22. The van der Waals surface area contributed by atoms with Crippen LogP contribution in [-0.4, -0.2) is 43.4 Å². The number of halogens is 1. The fourth-order valence-corrected chi connectivity index (χ4v) is 1.26. The summed E-state index contributed by atoms with van der Waals surface area (Å²) in [5.41, 5.74) is 0. The van der Waals surface area contributed by atoms with Gasteiger partial charge in [-0.15, -0.1) is 0 Å². The Balaban J connectivity index is 2.39. The van der Waals surface area contributed by atoms with E-state index in [-0.39, 0.29) is 6.61 Å². The van der Waals surface area contributed by atoms with Gasteiger partial charge in [0.15, 0.2) is 0 Å². The van der Waals surface area contributed by atoms with Crippen molar-refractivity contribution < 1.29 is 9.13 Å². The standard InChI is InChI=1S/C8H16FNO/c1-7(2)10-3-4-11-6-8(9)5-10/h7-8H,3-6H2,1-2H3. The number of alkyl halides is 1. The van der Waals surface area contributed by atoms with Gasteiger partial charge in [-0.25, -0.2) is 4.39 Å². The van der Waals surface area contributed by atoms with E-state index in [1.807, 2.05) is 0 Å². The molecular weight excluding hydrogens is 145 g/mol. The fourth-order valence-electron chi connectivity index (χ4n) is 1.26. The molecule has 1 heterocycles. The summed E-state index contributed by atoms with van der Waals surface area (Å²) < 4.78 is 18.0. The topological polar surface area (TPSA) is 12.5 Å². The Kier molecular flexibility index (Phi) is 3.27. The van der Waals surface area contributed by atoms with Gasteiger partial charge in [-0.1, -0.05) is 0 Å². The third-order valence-electron chi connectivity index (χ3n) is 1.98. The zero-order valence-corrected chi connectivity index (χ0v) is 7.22. The molecule has 1 rings (SSSR count). The SMILES string of the molecule is CC(C)N1CCOCC(F)C1. The van der Waals surface area contributed by atoms with Crippen LogP contribution in [0.25, 0.3) is 0 Å². The fraction of sp³-hybridized carbons (Fsp3) is 1.00. The van der Waals surface area contributed by atoms with E-state index in [0.717, 1.165) is 6.54 Å². The van der Waals surface area contributed by atoms with Gasteiger partial charge in [-0.3, -0.25) is 4.90 Å². The molecular formula is C8H16FNO. The third kappa shape index (κ3) is 2.75. The van der Waals surface area contributed by atoms with Gasteiger partial charge >= 0.3 is 0 Å². The van der Waals surface area contributed by atoms with Crippen molar-refractivity contribution in [1.29, 1.82) is 0 Å². The Hall–Kier alpha value is -0.150. The number of rotatable bonds is 1. The highest BCUT2D eigenvalue weighted by atomic mass is 19.1. The molecule has 1 fully saturated rings. The van der Waals surface area contributed by atoms with Gasteiger partial charge in [-0.2, -0.15) is 0 Å². The Morgan fingerprint density at radius 3 is 2.91 bits per heavy atom. The predicted octanol–water partition coefficient (Wildman–Crippen LogP) is 1.07. The van der Waals surface area contributed by atoms with Crippen LogP contribution in [0.5, 0.6) is 0 Å². The summed E-state index contributed by atoms with van der Waals surface area (Å²) in [7, 11) is 0. The molecule has 0 spiro atoms. The number of ether oxygens (including phenoxy) is 1. The first-order valence-corrected chi connectivity index (χ1v) is 4.16. The molecule has 1 atom stereocenters. The summed E-state index contributed by atoms with van der Waals surface area (Å²) in [5.74, 6) is 0.